The standard InChI is InChI=1S/C10H12BrFO2/c1-6(5-13)9-7(11)3-4-8(12)10(9)14-2/h3-4,6,13H,5H2,1-2H3. The highest BCUT2D eigenvalue weighted by Crippen LogP contribution is 2.35. The van der Waals surface area contributed by atoms with E-state index in [0.29, 0.717) is 5.56 Å². The highest BCUT2D eigenvalue weighted by atomic mass is 79.9. The van der Waals surface area contributed by atoms with E-state index in [1.54, 1.807) is 6.07 Å². The molecule has 1 N–H and O–H groups in total. The smallest absolute Gasteiger partial charge is 0.165 e. The van der Waals surface area contributed by atoms with E-state index in [1.807, 2.05) is 6.92 Å². The molecule has 0 fully saturated rings. The molecule has 2 nitrogen and oxygen atoms in total. The molecule has 0 saturated heterocycles. The largest absolute Gasteiger partial charge is 0.493 e. The van der Waals surface area contributed by atoms with Crippen molar-refractivity contribution in [3.63, 3.8) is 0 Å². The summed E-state index contributed by atoms with van der Waals surface area (Å²) in [7, 11) is 1.42. The molecule has 1 aromatic rings. The van der Waals surface area contributed by atoms with Gasteiger partial charge in [-0.1, -0.05) is 22.9 Å². The van der Waals surface area contributed by atoms with Gasteiger partial charge < -0.3 is 9.84 Å². The fourth-order valence-electron chi connectivity index (χ4n) is 1.31. The average molecular weight is 263 g/mol. The van der Waals surface area contributed by atoms with E-state index in [-0.39, 0.29) is 18.3 Å². The van der Waals surface area contributed by atoms with E-state index in [9.17, 15) is 4.39 Å². The molecule has 78 valence electrons. The second-order valence-electron chi connectivity index (χ2n) is 3.06. The molecule has 0 saturated carbocycles. The predicted molar refractivity (Wildman–Crippen MR) is 56.2 cm³/mol. The average Bonchev–Trinajstić information content (AvgIpc) is 2.19. The minimum atomic E-state index is -0.411. The first-order valence-corrected chi connectivity index (χ1v) is 5.03. The van der Waals surface area contributed by atoms with Crippen LogP contribution in [0.3, 0.4) is 0 Å². The van der Waals surface area contributed by atoms with Crippen molar-refractivity contribution in [2.75, 3.05) is 13.7 Å². The minimum absolute atomic E-state index is 0.0432. The molecule has 1 rings (SSSR count). The van der Waals surface area contributed by atoms with Gasteiger partial charge in [0.1, 0.15) is 0 Å². The maximum Gasteiger partial charge on any atom is 0.165 e. The summed E-state index contributed by atoms with van der Waals surface area (Å²) in [4.78, 5) is 0. The summed E-state index contributed by atoms with van der Waals surface area (Å²) in [5, 5.41) is 9.02. The molecule has 1 aromatic carbocycles. The Morgan fingerprint density at radius 2 is 2.21 bits per heavy atom. The number of methoxy groups -OCH3 is 1. The monoisotopic (exact) mass is 262 g/mol. The van der Waals surface area contributed by atoms with Crippen molar-refractivity contribution in [3.05, 3.63) is 28.0 Å². The van der Waals surface area contributed by atoms with Crippen LogP contribution in [-0.2, 0) is 0 Å². The van der Waals surface area contributed by atoms with Crippen molar-refractivity contribution in [3.8, 4) is 5.75 Å². The molecule has 1 unspecified atom stereocenters. The van der Waals surface area contributed by atoms with Gasteiger partial charge in [-0.25, -0.2) is 4.39 Å². The molecule has 0 bridgehead atoms. The van der Waals surface area contributed by atoms with Crippen LogP contribution in [-0.4, -0.2) is 18.8 Å². The third kappa shape index (κ3) is 2.07. The SMILES string of the molecule is COc1c(F)ccc(Br)c1C(C)CO. The Kier molecular flexibility index (Phi) is 3.89. The third-order valence-corrected chi connectivity index (χ3v) is 2.76. The van der Waals surface area contributed by atoms with Gasteiger partial charge in [-0.15, -0.1) is 0 Å². The maximum absolute atomic E-state index is 13.3. The van der Waals surface area contributed by atoms with Gasteiger partial charge in [0, 0.05) is 22.6 Å². The number of rotatable bonds is 3. The Morgan fingerprint density at radius 1 is 1.57 bits per heavy atom. The Bertz CT molecular complexity index is 328. The number of hydrogen-bond acceptors (Lipinski definition) is 2. The highest BCUT2D eigenvalue weighted by molar-refractivity contribution is 9.10. The van der Waals surface area contributed by atoms with Gasteiger partial charge in [0.25, 0.3) is 0 Å². The zero-order valence-electron chi connectivity index (χ0n) is 8.05. The lowest BCUT2D eigenvalue weighted by atomic mass is 10.0. The number of aliphatic hydroxyl groups excluding tert-OH is 1. The van der Waals surface area contributed by atoms with Crippen molar-refractivity contribution < 1.29 is 14.2 Å². The summed E-state index contributed by atoms with van der Waals surface area (Å²) < 4.78 is 19.0. The van der Waals surface area contributed by atoms with Crippen LogP contribution >= 0.6 is 15.9 Å². The molecule has 0 spiro atoms. The summed E-state index contributed by atoms with van der Waals surface area (Å²) in [5.41, 5.74) is 0.662. The number of halogens is 2. The van der Waals surface area contributed by atoms with E-state index in [0.717, 1.165) is 4.47 Å². The van der Waals surface area contributed by atoms with Gasteiger partial charge in [-0.05, 0) is 12.1 Å². The Labute approximate surface area is 90.8 Å². The number of aliphatic hydroxyl groups is 1. The van der Waals surface area contributed by atoms with Gasteiger partial charge in [-0.2, -0.15) is 0 Å². The lowest BCUT2D eigenvalue weighted by molar-refractivity contribution is 0.268. The van der Waals surface area contributed by atoms with Crippen molar-refractivity contribution in [1.29, 1.82) is 0 Å². The van der Waals surface area contributed by atoms with Crippen LogP contribution in [0.4, 0.5) is 4.39 Å². The van der Waals surface area contributed by atoms with E-state index in [1.165, 1.54) is 13.2 Å². The zero-order valence-corrected chi connectivity index (χ0v) is 9.64. The molecule has 0 aliphatic rings. The summed E-state index contributed by atoms with van der Waals surface area (Å²) in [6.07, 6.45) is 0. The van der Waals surface area contributed by atoms with Crippen LogP contribution in [0.5, 0.6) is 5.75 Å². The topological polar surface area (TPSA) is 29.5 Å². The molecule has 0 aromatic heterocycles. The Hall–Kier alpha value is -0.610. The predicted octanol–water partition coefficient (Wildman–Crippen LogP) is 2.69. The van der Waals surface area contributed by atoms with E-state index >= 15 is 0 Å². The minimum Gasteiger partial charge on any atom is -0.493 e. The molecule has 0 amide bonds. The molecular formula is C10H12BrFO2. The Morgan fingerprint density at radius 3 is 2.71 bits per heavy atom. The molecule has 0 aliphatic carbocycles. The third-order valence-electron chi connectivity index (χ3n) is 2.07. The summed E-state index contributed by atoms with van der Waals surface area (Å²) in [6, 6.07) is 2.94. The normalized spacial score (nSPS) is 12.6. The first kappa shape index (κ1) is 11.5. The van der Waals surface area contributed by atoms with Crippen LogP contribution in [0.25, 0.3) is 0 Å². The quantitative estimate of drug-likeness (QED) is 0.908. The number of hydrogen-bond donors (Lipinski definition) is 1. The van der Waals surface area contributed by atoms with Gasteiger partial charge >= 0.3 is 0 Å². The van der Waals surface area contributed by atoms with E-state index in [2.05, 4.69) is 15.9 Å². The van der Waals surface area contributed by atoms with Crippen molar-refractivity contribution >= 4 is 15.9 Å². The van der Waals surface area contributed by atoms with Gasteiger partial charge in [0.2, 0.25) is 0 Å². The van der Waals surface area contributed by atoms with E-state index < -0.39 is 5.82 Å². The molecular weight excluding hydrogens is 251 g/mol. The fraction of sp³-hybridized carbons (Fsp3) is 0.400. The van der Waals surface area contributed by atoms with Crippen LogP contribution < -0.4 is 4.74 Å². The fourth-order valence-corrected chi connectivity index (χ4v) is 2.01. The second-order valence-corrected chi connectivity index (χ2v) is 3.91. The molecule has 4 heteroatoms. The maximum atomic E-state index is 13.3. The van der Waals surface area contributed by atoms with Crippen LogP contribution in [0.15, 0.2) is 16.6 Å². The van der Waals surface area contributed by atoms with Crippen molar-refractivity contribution in [1.82, 2.24) is 0 Å². The second kappa shape index (κ2) is 4.75. The van der Waals surface area contributed by atoms with Crippen LogP contribution in [0, 0.1) is 5.82 Å². The summed E-state index contributed by atoms with van der Waals surface area (Å²) in [6.45, 7) is 1.76. The first-order valence-electron chi connectivity index (χ1n) is 4.24. The van der Waals surface area contributed by atoms with Crippen molar-refractivity contribution in [2.45, 2.75) is 12.8 Å². The van der Waals surface area contributed by atoms with Crippen LogP contribution in [0.1, 0.15) is 18.4 Å². The summed E-state index contributed by atoms with van der Waals surface area (Å²) >= 11 is 3.31. The molecule has 0 aliphatic heterocycles. The lowest BCUT2D eigenvalue weighted by Gasteiger charge is -2.15. The number of benzene rings is 1. The van der Waals surface area contributed by atoms with Gasteiger partial charge in [0.05, 0.1) is 7.11 Å². The first-order chi connectivity index (χ1) is 6.61. The zero-order chi connectivity index (χ0) is 10.7. The van der Waals surface area contributed by atoms with E-state index in [4.69, 9.17) is 9.84 Å². The molecule has 14 heavy (non-hydrogen) atoms. The highest BCUT2D eigenvalue weighted by Gasteiger charge is 2.17. The lowest BCUT2D eigenvalue weighted by Crippen LogP contribution is -2.04. The van der Waals surface area contributed by atoms with Crippen molar-refractivity contribution in [2.24, 2.45) is 0 Å². The molecule has 1 atom stereocenters. The molecule has 0 heterocycles. The van der Waals surface area contributed by atoms with Gasteiger partial charge in [-0.3, -0.25) is 0 Å². The number of ether oxygens (including phenoxy) is 1. The molecule has 0 radical (unpaired) electrons. The van der Waals surface area contributed by atoms with Gasteiger partial charge in [0.15, 0.2) is 11.6 Å². The Balaban J connectivity index is 3.29. The summed E-state index contributed by atoms with van der Waals surface area (Å²) in [5.74, 6) is -0.373. The van der Waals surface area contributed by atoms with Crippen LogP contribution in [0.2, 0.25) is 0 Å².